The van der Waals surface area contributed by atoms with E-state index in [1.165, 1.54) is 0 Å². The predicted molar refractivity (Wildman–Crippen MR) is 81.1 cm³/mol. The lowest BCUT2D eigenvalue weighted by molar-refractivity contribution is 0.0857. The molecular weight excluding hydrogens is 266 g/mol. The average Bonchev–Trinajstić information content (AvgIpc) is 3.00. The molecule has 1 aromatic carbocycles. The van der Waals surface area contributed by atoms with Crippen molar-refractivity contribution >= 4 is 5.91 Å². The second-order valence-corrected chi connectivity index (χ2v) is 5.17. The Kier molecular flexibility index (Phi) is 5.79. The molecule has 1 amide bonds. The number of nitrogens with one attached hydrogen (secondary N) is 1. The molecule has 4 heteroatoms. The highest BCUT2D eigenvalue weighted by Crippen LogP contribution is 2.13. The largest absolute Gasteiger partial charge is 0.395 e. The van der Waals surface area contributed by atoms with Crippen molar-refractivity contribution in [3.05, 3.63) is 34.9 Å². The molecule has 0 bridgehead atoms. The van der Waals surface area contributed by atoms with Gasteiger partial charge >= 0.3 is 0 Å². The van der Waals surface area contributed by atoms with E-state index in [0.717, 1.165) is 25.0 Å². The Hall–Kier alpha value is -1.83. The number of amides is 1. The second kappa shape index (κ2) is 7.82. The second-order valence-electron chi connectivity index (χ2n) is 5.17. The van der Waals surface area contributed by atoms with Gasteiger partial charge in [-0.2, -0.15) is 0 Å². The van der Waals surface area contributed by atoms with E-state index < -0.39 is 0 Å². The van der Waals surface area contributed by atoms with E-state index in [1.54, 1.807) is 0 Å². The molecule has 21 heavy (non-hydrogen) atoms. The van der Waals surface area contributed by atoms with Gasteiger partial charge in [0.25, 0.3) is 5.91 Å². The summed E-state index contributed by atoms with van der Waals surface area (Å²) in [5, 5.41) is 11.7. The van der Waals surface area contributed by atoms with Crippen LogP contribution in [-0.2, 0) is 4.74 Å². The number of carbonyl (C=O) groups excluding carboxylic acids is 1. The van der Waals surface area contributed by atoms with Gasteiger partial charge < -0.3 is 15.2 Å². The Labute approximate surface area is 125 Å². The number of ether oxygens (including phenoxy) is 1. The molecule has 4 nitrogen and oxygen atoms in total. The van der Waals surface area contributed by atoms with Gasteiger partial charge in [0, 0.05) is 25.1 Å². The van der Waals surface area contributed by atoms with Gasteiger partial charge in [-0.05, 0) is 31.9 Å². The van der Waals surface area contributed by atoms with Crippen LogP contribution in [0.4, 0.5) is 0 Å². The van der Waals surface area contributed by atoms with Crippen molar-refractivity contribution in [1.29, 1.82) is 0 Å². The smallest absolute Gasteiger partial charge is 0.252 e. The number of hydrogen-bond acceptors (Lipinski definition) is 3. The van der Waals surface area contributed by atoms with E-state index in [2.05, 4.69) is 17.2 Å². The van der Waals surface area contributed by atoms with Crippen molar-refractivity contribution in [2.24, 2.45) is 0 Å². The van der Waals surface area contributed by atoms with Crippen LogP contribution in [0.3, 0.4) is 0 Å². The molecule has 112 valence electrons. The van der Waals surface area contributed by atoms with Crippen LogP contribution in [-0.4, -0.2) is 36.9 Å². The number of hydrogen-bond donors (Lipinski definition) is 2. The van der Waals surface area contributed by atoms with Gasteiger partial charge in [-0.3, -0.25) is 4.79 Å². The van der Waals surface area contributed by atoms with Crippen molar-refractivity contribution < 1.29 is 14.6 Å². The average molecular weight is 287 g/mol. The molecule has 1 aromatic rings. The molecule has 1 aliphatic rings. The summed E-state index contributed by atoms with van der Waals surface area (Å²) in [6, 6.07) is 5.62. The fourth-order valence-electron chi connectivity index (χ4n) is 2.28. The first-order valence-electron chi connectivity index (χ1n) is 7.31. The number of aryl methyl sites for hydroxylation is 1. The lowest BCUT2D eigenvalue weighted by Crippen LogP contribution is -2.32. The molecule has 0 spiro atoms. The molecule has 1 saturated heterocycles. The molecule has 0 aliphatic carbocycles. The fraction of sp³-hybridized carbons (Fsp3) is 0.471. The minimum atomic E-state index is -0.123. The Morgan fingerprint density at radius 2 is 2.38 bits per heavy atom. The minimum Gasteiger partial charge on any atom is -0.395 e. The summed E-state index contributed by atoms with van der Waals surface area (Å²) in [5.41, 5.74) is 2.29. The number of benzene rings is 1. The first kappa shape index (κ1) is 15.6. The summed E-state index contributed by atoms with van der Waals surface area (Å²) in [7, 11) is 0. The molecule has 0 saturated carbocycles. The van der Waals surface area contributed by atoms with Crippen LogP contribution in [0, 0.1) is 18.8 Å². The van der Waals surface area contributed by atoms with E-state index in [0.29, 0.717) is 24.1 Å². The highest BCUT2D eigenvalue weighted by Gasteiger charge is 2.17. The van der Waals surface area contributed by atoms with Gasteiger partial charge in [-0.1, -0.05) is 23.5 Å². The maximum Gasteiger partial charge on any atom is 0.252 e. The summed E-state index contributed by atoms with van der Waals surface area (Å²) in [6.45, 7) is 3.29. The summed E-state index contributed by atoms with van der Waals surface area (Å²) in [4.78, 5) is 12.3. The standard InChI is InChI=1S/C17H21NO3/c1-13-7-8-14(5-2-3-9-19)16(11-13)17(20)18-12-15-6-4-10-21-15/h7-8,11,15,19H,3-4,6,9-10,12H2,1H3,(H,18,20). The molecular formula is C17H21NO3. The predicted octanol–water partition coefficient (Wildman–Crippen LogP) is 1.64. The van der Waals surface area contributed by atoms with Crippen LogP contribution < -0.4 is 5.32 Å². The van der Waals surface area contributed by atoms with Crippen LogP contribution in [0.2, 0.25) is 0 Å². The first-order valence-corrected chi connectivity index (χ1v) is 7.31. The molecule has 2 N–H and O–H groups in total. The van der Waals surface area contributed by atoms with Gasteiger partial charge in [-0.25, -0.2) is 0 Å². The third-order valence-electron chi connectivity index (χ3n) is 3.39. The third kappa shape index (κ3) is 4.59. The normalized spacial score (nSPS) is 17.1. The van der Waals surface area contributed by atoms with Crippen LogP contribution in [0.5, 0.6) is 0 Å². The van der Waals surface area contributed by atoms with Gasteiger partial charge in [0.2, 0.25) is 0 Å². The van der Waals surface area contributed by atoms with Gasteiger partial charge in [0.1, 0.15) is 0 Å². The van der Waals surface area contributed by atoms with Crippen LogP contribution in [0.15, 0.2) is 18.2 Å². The summed E-state index contributed by atoms with van der Waals surface area (Å²) < 4.78 is 5.50. The van der Waals surface area contributed by atoms with Crippen molar-refractivity contribution in [2.45, 2.75) is 32.3 Å². The topological polar surface area (TPSA) is 58.6 Å². The zero-order valence-corrected chi connectivity index (χ0v) is 12.3. The van der Waals surface area contributed by atoms with Crippen molar-refractivity contribution in [1.82, 2.24) is 5.32 Å². The third-order valence-corrected chi connectivity index (χ3v) is 3.39. The van der Waals surface area contributed by atoms with E-state index in [4.69, 9.17) is 9.84 Å². The molecule has 1 unspecified atom stereocenters. The van der Waals surface area contributed by atoms with Gasteiger partial charge in [0.15, 0.2) is 0 Å². The van der Waals surface area contributed by atoms with E-state index in [-0.39, 0.29) is 18.6 Å². The quantitative estimate of drug-likeness (QED) is 0.828. The highest BCUT2D eigenvalue weighted by molar-refractivity contribution is 5.97. The zero-order valence-electron chi connectivity index (χ0n) is 12.3. The molecule has 2 rings (SSSR count). The van der Waals surface area contributed by atoms with Crippen molar-refractivity contribution in [3.8, 4) is 11.8 Å². The van der Waals surface area contributed by atoms with Gasteiger partial charge in [-0.15, -0.1) is 0 Å². The highest BCUT2D eigenvalue weighted by atomic mass is 16.5. The monoisotopic (exact) mass is 287 g/mol. The van der Waals surface area contributed by atoms with Crippen LogP contribution in [0.25, 0.3) is 0 Å². The maximum absolute atomic E-state index is 12.3. The van der Waals surface area contributed by atoms with E-state index >= 15 is 0 Å². The molecule has 1 aliphatic heterocycles. The van der Waals surface area contributed by atoms with E-state index in [9.17, 15) is 4.79 Å². The Balaban J connectivity index is 2.07. The van der Waals surface area contributed by atoms with Gasteiger partial charge in [0.05, 0.1) is 18.3 Å². The molecule has 1 heterocycles. The lowest BCUT2D eigenvalue weighted by atomic mass is 10.0. The van der Waals surface area contributed by atoms with Crippen LogP contribution >= 0.6 is 0 Å². The zero-order chi connectivity index (χ0) is 15.1. The summed E-state index contributed by atoms with van der Waals surface area (Å²) >= 11 is 0. The molecule has 0 radical (unpaired) electrons. The van der Waals surface area contributed by atoms with Crippen molar-refractivity contribution in [3.63, 3.8) is 0 Å². The Bertz CT molecular complexity index is 551. The molecule has 0 aromatic heterocycles. The number of carbonyl (C=O) groups is 1. The number of aliphatic hydroxyl groups is 1. The minimum absolute atomic E-state index is 0.0272. The van der Waals surface area contributed by atoms with E-state index in [1.807, 2.05) is 25.1 Å². The van der Waals surface area contributed by atoms with Crippen molar-refractivity contribution in [2.75, 3.05) is 19.8 Å². The molecule has 1 fully saturated rings. The maximum atomic E-state index is 12.3. The summed E-state index contributed by atoms with van der Waals surface area (Å²) in [5.74, 6) is 5.68. The Morgan fingerprint density at radius 3 is 3.10 bits per heavy atom. The molecule has 1 atom stereocenters. The Morgan fingerprint density at radius 1 is 1.52 bits per heavy atom. The summed E-state index contributed by atoms with van der Waals surface area (Å²) in [6.07, 6.45) is 2.59. The first-order chi connectivity index (χ1) is 10.2. The van der Waals surface area contributed by atoms with Crippen LogP contribution in [0.1, 0.15) is 40.7 Å². The number of aliphatic hydroxyl groups excluding tert-OH is 1. The number of rotatable bonds is 4. The lowest BCUT2D eigenvalue weighted by Gasteiger charge is -2.12. The SMILES string of the molecule is Cc1ccc(C#CCCO)c(C(=O)NCC2CCCO2)c1. The fourth-order valence-corrected chi connectivity index (χ4v) is 2.28.